The van der Waals surface area contributed by atoms with Crippen LogP contribution in [0.3, 0.4) is 0 Å². The topological polar surface area (TPSA) is 89.8 Å². The van der Waals surface area contributed by atoms with E-state index in [0.717, 1.165) is 16.8 Å². The summed E-state index contributed by atoms with van der Waals surface area (Å²) in [5.74, 6) is -0.921. The normalized spacial score (nSPS) is 13.0. The van der Waals surface area contributed by atoms with E-state index < -0.39 is 22.0 Å². The van der Waals surface area contributed by atoms with Gasteiger partial charge in [-0.3, -0.25) is 4.79 Å². The number of hydrogen-bond acceptors (Lipinski definition) is 5. The van der Waals surface area contributed by atoms with Gasteiger partial charge >= 0.3 is 5.97 Å². The summed E-state index contributed by atoms with van der Waals surface area (Å²) in [7, 11) is -3.85. The summed E-state index contributed by atoms with van der Waals surface area (Å²) in [5, 5.41) is 0. The SMILES string of the molecule is Cc1ccc(S(=O)(=O)N[C@H](C(=O)OCc2cn3cc(C)ccc3n2)C(C)C)cc1. The van der Waals surface area contributed by atoms with E-state index in [4.69, 9.17) is 4.74 Å². The lowest BCUT2D eigenvalue weighted by atomic mass is 10.1. The van der Waals surface area contributed by atoms with Crippen molar-refractivity contribution in [2.24, 2.45) is 5.92 Å². The molecule has 3 rings (SSSR count). The van der Waals surface area contributed by atoms with Gasteiger partial charge in [-0.15, -0.1) is 0 Å². The van der Waals surface area contributed by atoms with Crippen molar-refractivity contribution in [3.05, 3.63) is 65.6 Å². The zero-order valence-corrected chi connectivity index (χ0v) is 17.7. The number of rotatable bonds is 7. The minimum Gasteiger partial charge on any atom is -0.458 e. The maximum atomic E-state index is 12.7. The number of nitrogens with zero attached hydrogens (tertiary/aromatic N) is 2. The standard InChI is InChI=1S/C21H25N3O4S/c1-14(2)20(23-29(26,27)18-8-5-15(3)6-9-18)21(25)28-13-17-12-24-11-16(4)7-10-19(24)22-17/h5-12,14,20,23H,13H2,1-4H3/t20-/m0/s1. The lowest BCUT2D eigenvalue weighted by molar-refractivity contribution is -0.148. The highest BCUT2D eigenvalue weighted by atomic mass is 32.2. The number of esters is 1. The third-order valence-electron chi connectivity index (χ3n) is 4.55. The smallest absolute Gasteiger partial charge is 0.324 e. The summed E-state index contributed by atoms with van der Waals surface area (Å²) in [5.41, 5.74) is 3.38. The number of ether oxygens (including phenoxy) is 1. The van der Waals surface area contributed by atoms with Crippen LogP contribution in [0.1, 0.15) is 30.7 Å². The Bertz CT molecular complexity index is 1120. The van der Waals surface area contributed by atoms with Crippen LogP contribution in [0.15, 0.2) is 53.7 Å². The first-order chi connectivity index (χ1) is 13.7. The van der Waals surface area contributed by atoms with Gasteiger partial charge in [0.2, 0.25) is 10.0 Å². The molecule has 0 aliphatic carbocycles. The molecule has 0 aliphatic rings. The summed E-state index contributed by atoms with van der Waals surface area (Å²) in [6.45, 7) is 7.34. The maximum absolute atomic E-state index is 12.7. The molecule has 0 aliphatic heterocycles. The van der Waals surface area contributed by atoms with Crippen LogP contribution < -0.4 is 4.72 Å². The quantitative estimate of drug-likeness (QED) is 0.599. The monoisotopic (exact) mass is 415 g/mol. The second-order valence-electron chi connectivity index (χ2n) is 7.47. The molecule has 0 saturated carbocycles. The average Bonchev–Trinajstić information content (AvgIpc) is 3.06. The van der Waals surface area contributed by atoms with Gasteiger partial charge in [0, 0.05) is 12.4 Å². The molecule has 154 valence electrons. The third-order valence-corrected chi connectivity index (χ3v) is 6.00. The van der Waals surface area contributed by atoms with E-state index in [1.165, 1.54) is 12.1 Å². The molecule has 2 heterocycles. The number of carbonyl (C=O) groups is 1. The summed E-state index contributed by atoms with van der Waals surface area (Å²) < 4.78 is 35.0. The first kappa shape index (κ1) is 21.0. The fraction of sp³-hybridized carbons (Fsp3) is 0.333. The molecule has 8 heteroatoms. The molecule has 1 N–H and O–H groups in total. The molecule has 0 unspecified atom stereocenters. The molecule has 3 aromatic rings. The van der Waals surface area contributed by atoms with Crippen LogP contribution in [0.25, 0.3) is 5.65 Å². The van der Waals surface area contributed by atoms with Crippen molar-refractivity contribution in [3.63, 3.8) is 0 Å². The highest BCUT2D eigenvalue weighted by Crippen LogP contribution is 2.15. The van der Waals surface area contributed by atoms with E-state index >= 15 is 0 Å². The number of hydrogen-bond donors (Lipinski definition) is 1. The molecular formula is C21H25N3O4S. The van der Waals surface area contributed by atoms with Crippen LogP contribution in [0, 0.1) is 19.8 Å². The third kappa shape index (κ3) is 5.02. The molecule has 0 radical (unpaired) electrons. The highest BCUT2D eigenvalue weighted by Gasteiger charge is 2.29. The zero-order chi connectivity index (χ0) is 21.2. The van der Waals surface area contributed by atoms with Crippen LogP contribution in [0.4, 0.5) is 0 Å². The Labute approximate surface area is 170 Å². The lowest BCUT2D eigenvalue weighted by Gasteiger charge is -2.20. The molecule has 1 atom stereocenters. The minimum absolute atomic E-state index is 0.0327. The van der Waals surface area contributed by atoms with E-state index in [1.54, 1.807) is 32.2 Å². The molecule has 7 nitrogen and oxygen atoms in total. The van der Waals surface area contributed by atoms with Gasteiger partial charge in [0.1, 0.15) is 18.3 Å². The first-order valence-electron chi connectivity index (χ1n) is 9.35. The Balaban J connectivity index is 1.71. The summed E-state index contributed by atoms with van der Waals surface area (Å²) in [6, 6.07) is 9.28. The Hall–Kier alpha value is -2.71. The fourth-order valence-corrected chi connectivity index (χ4v) is 4.20. The van der Waals surface area contributed by atoms with Crippen LogP contribution in [0.2, 0.25) is 0 Å². The zero-order valence-electron chi connectivity index (χ0n) is 16.9. The number of aryl methyl sites for hydroxylation is 2. The van der Waals surface area contributed by atoms with Crippen molar-refractivity contribution in [2.75, 3.05) is 0 Å². The number of sulfonamides is 1. The van der Waals surface area contributed by atoms with Crippen molar-refractivity contribution in [1.29, 1.82) is 0 Å². The summed E-state index contributed by atoms with van der Waals surface area (Å²) in [6.07, 6.45) is 3.72. The predicted molar refractivity (Wildman–Crippen MR) is 110 cm³/mol. The molecule has 1 aromatic carbocycles. The van der Waals surface area contributed by atoms with Gasteiger partial charge in [-0.2, -0.15) is 4.72 Å². The molecule has 0 saturated heterocycles. The lowest BCUT2D eigenvalue weighted by Crippen LogP contribution is -2.45. The van der Waals surface area contributed by atoms with E-state index in [9.17, 15) is 13.2 Å². The number of imidazole rings is 1. The van der Waals surface area contributed by atoms with Gasteiger partial charge in [0.05, 0.1) is 10.6 Å². The van der Waals surface area contributed by atoms with Gasteiger partial charge in [-0.25, -0.2) is 13.4 Å². The van der Waals surface area contributed by atoms with Crippen LogP contribution in [0.5, 0.6) is 0 Å². The van der Waals surface area contributed by atoms with Crippen molar-refractivity contribution in [3.8, 4) is 0 Å². The number of carbonyl (C=O) groups excluding carboxylic acids is 1. The van der Waals surface area contributed by atoms with Gasteiger partial charge in [0.25, 0.3) is 0 Å². The van der Waals surface area contributed by atoms with E-state index in [1.807, 2.05) is 36.6 Å². The Morgan fingerprint density at radius 2 is 1.72 bits per heavy atom. The van der Waals surface area contributed by atoms with E-state index in [0.29, 0.717) is 5.69 Å². The molecule has 0 fully saturated rings. The van der Waals surface area contributed by atoms with Gasteiger partial charge < -0.3 is 9.14 Å². The van der Waals surface area contributed by atoms with Crippen molar-refractivity contribution >= 4 is 21.6 Å². The minimum atomic E-state index is -3.85. The highest BCUT2D eigenvalue weighted by molar-refractivity contribution is 7.89. The summed E-state index contributed by atoms with van der Waals surface area (Å²) >= 11 is 0. The number of aromatic nitrogens is 2. The Morgan fingerprint density at radius 3 is 2.38 bits per heavy atom. The summed E-state index contributed by atoms with van der Waals surface area (Å²) in [4.78, 5) is 17.1. The second-order valence-corrected chi connectivity index (χ2v) is 9.18. The molecular weight excluding hydrogens is 390 g/mol. The molecule has 2 aromatic heterocycles. The van der Waals surface area contributed by atoms with Crippen LogP contribution in [-0.4, -0.2) is 29.8 Å². The average molecular weight is 416 g/mol. The molecule has 0 bridgehead atoms. The molecule has 0 spiro atoms. The van der Waals surface area contributed by atoms with Gasteiger partial charge in [-0.05, 0) is 43.5 Å². The van der Waals surface area contributed by atoms with E-state index in [2.05, 4.69) is 9.71 Å². The van der Waals surface area contributed by atoms with Crippen molar-refractivity contribution < 1.29 is 17.9 Å². The Kier molecular flexibility index (Phi) is 6.04. The number of pyridine rings is 1. The first-order valence-corrected chi connectivity index (χ1v) is 10.8. The van der Waals surface area contributed by atoms with Crippen molar-refractivity contribution in [1.82, 2.24) is 14.1 Å². The maximum Gasteiger partial charge on any atom is 0.324 e. The number of fused-ring (bicyclic) bond motifs is 1. The molecule has 0 amide bonds. The fourth-order valence-electron chi connectivity index (χ4n) is 2.87. The van der Waals surface area contributed by atoms with Gasteiger partial charge in [0.15, 0.2) is 0 Å². The van der Waals surface area contributed by atoms with Gasteiger partial charge in [-0.1, -0.05) is 37.6 Å². The second kappa shape index (κ2) is 8.34. The van der Waals surface area contributed by atoms with E-state index in [-0.39, 0.29) is 17.4 Å². The largest absolute Gasteiger partial charge is 0.458 e. The number of benzene rings is 1. The van der Waals surface area contributed by atoms with Crippen LogP contribution in [-0.2, 0) is 26.2 Å². The van der Waals surface area contributed by atoms with Crippen LogP contribution >= 0.6 is 0 Å². The number of nitrogens with one attached hydrogen (secondary N) is 1. The Morgan fingerprint density at radius 1 is 1.07 bits per heavy atom. The molecule has 29 heavy (non-hydrogen) atoms. The predicted octanol–water partition coefficient (Wildman–Crippen LogP) is 3.00. The van der Waals surface area contributed by atoms with Crippen molar-refractivity contribution in [2.45, 2.75) is 45.2 Å².